The second-order valence-corrected chi connectivity index (χ2v) is 17.5. The Hall–Kier alpha value is -6.10. The second-order valence-electron chi connectivity index (χ2n) is 15.8. The molecule has 0 bridgehead atoms. The van der Waals surface area contributed by atoms with E-state index in [1.54, 1.807) is 60.8 Å². The third-order valence-electron chi connectivity index (χ3n) is 9.72. The maximum atomic E-state index is 13.5. The third kappa shape index (κ3) is 11.1. The Labute approximate surface area is 351 Å². The SMILES string of the molecule is COc1cc(Nc2cc(Oc3ccc(NC(=O)Nc4cc(C(C)(C)C)cc(NS(C)(=O)=O)c4OC)c4ccccc34)ccn2)ccc1C(=O)NCCN1C[C@@H](C)O[C@@H](C)C1. The lowest BCUT2D eigenvalue weighted by Crippen LogP contribution is -2.47. The van der Waals surface area contributed by atoms with E-state index in [1.807, 2.05) is 45.0 Å². The standard InChI is InChI=1S/C44H53N7O8S/c1-27-25-51(26-28(2)58-27)20-19-46-42(52)34-14-13-30(23-39(34)56-6)47-40-24-31(17-18-45-40)59-38-16-15-35(32-11-9-10-12-33(32)38)48-43(53)49-36-21-29(44(3,4)5)22-37(41(36)57-7)50-60(8,54)55/h9-18,21-24,27-28,50H,19-20,25-26H2,1-8H3,(H,45,47)(H,46,52)(H2,48,49,53)/t27-,28+. The molecule has 0 radical (unpaired) electrons. The summed E-state index contributed by atoms with van der Waals surface area (Å²) in [6.07, 6.45) is 2.99. The number of benzene rings is 4. The molecule has 2 atom stereocenters. The molecule has 2 heterocycles. The molecule has 5 aromatic rings. The van der Waals surface area contributed by atoms with Crippen molar-refractivity contribution in [1.82, 2.24) is 15.2 Å². The number of fused-ring (bicyclic) bond motifs is 1. The number of anilines is 5. The van der Waals surface area contributed by atoms with Crippen molar-refractivity contribution in [3.63, 3.8) is 0 Å². The summed E-state index contributed by atoms with van der Waals surface area (Å²) >= 11 is 0. The Bertz CT molecular complexity index is 2460. The van der Waals surface area contributed by atoms with Crippen LogP contribution in [0.5, 0.6) is 23.0 Å². The van der Waals surface area contributed by atoms with Crippen molar-refractivity contribution in [3.05, 3.63) is 96.2 Å². The van der Waals surface area contributed by atoms with Gasteiger partial charge in [-0.15, -0.1) is 0 Å². The van der Waals surface area contributed by atoms with E-state index in [9.17, 15) is 18.0 Å². The average molecular weight is 840 g/mol. The van der Waals surface area contributed by atoms with Gasteiger partial charge in [0.05, 0.1) is 55.3 Å². The summed E-state index contributed by atoms with van der Waals surface area (Å²) in [4.78, 5) is 33.4. The number of ether oxygens (including phenoxy) is 4. The zero-order chi connectivity index (χ0) is 43.2. The molecule has 16 heteroatoms. The highest BCUT2D eigenvalue weighted by molar-refractivity contribution is 7.92. The van der Waals surface area contributed by atoms with Crippen molar-refractivity contribution in [1.29, 1.82) is 0 Å². The van der Waals surface area contributed by atoms with Gasteiger partial charge in [-0.05, 0) is 67.3 Å². The number of morpholine rings is 1. The molecular weight excluding hydrogens is 787 g/mol. The smallest absolute Gasteiger partial charge is 0.323 e. The number of carbonyl (C=O) groups is 2. The van der Waals surface area contributed by atoms with Gasteiger partial charge in [-0.1, -0.05) is 45.0 Å². The molecule has 15 nitrogen and oxygen atoms in total. The highest BCUT2D eigenvalue weighted by atomic mass is 32.2. The topological polar surface area (TPSA) is 181 Å². The number of pyridine rings is 1. The Morgan fingerprint density at radius 3 is 2.23 bits per heavy atom. The number of nitrogens with one attached hydrogen (secondary N) is 5. The van der Waals surface area contributed by atoms with Gasteiger partial charge < -0.3 is 40.2 Å². The van der Waals surface area contributed by atoms with Gasteiger partial charge in [0, 0.05) is 61.0 Å². The van der Waals surface area contributed by atoms with E-state index >= 15 is 0 Å². The highest BCUT2D eigenvalue weighted by Gasteiger charge is 2.24. The van der Waals surface area contributed by atoms with Gasteiger partial charge in [-0.2, -0.15) is 0 Å². The number of amides is 3. The van der Waals surface area contributed by atoms with Crippen LogP contribution in [-0.4, -0.2) is 89.1 Å². The molecule has 1 aliphatic rings. The van der Waals surface area contributed by atoms with Crippen LogP contribution in [0.4, 0.5) is 33.4 Å². The summed E-state index contributed by atoms with van der Waals surface area (Å²) in [5.74, 6) is 1.91. The minimum atomic E-state index is -3.65. The zero-order valence-corrected chi connectivity index (χ0v) is 36.0. The molecule has 6 rings (SSSR count). The Morgan fingerprint density at radius 2 is 1.55 bits per heavy atom. The number of rotatable bonds is 14. The first-order valence-corrected chi connectivity index (χ1v) is 21.4. The molecular formula is C44H53N7O8S. The summed E-state index contributed by atoms with van der Waals surface area (Å²) in [6.45, 7) is 12.9. The van der Waals surface area contributed by atoms with Crippen LogP contribution in [0.2, 0.25) is 0 Å². The number of aromatic nitrogens is 1. The highest BCUT2D eigenvalue weighted by Crippen LogP contribution is 2.40. The first-order valence-electron chi connectivity index (χ1n) is 19.5. The number of hydrogen-bond donors (Lipinski definition) is 5. The molecule has 0 aliphatic carbocycles. The maximum absolute atomic E-state index is 13.5. The molecule has 60 heavy (non-hydrogen) atoms. The minimum Gasteiger partial charge on any atom is -0.496 e. The molecule has 318 valence electrons. The van der Waals surface area contributed by atoms with Crippen molar-refractivity contribution in [3.8, 4) is 23.0 Å². The van der Waals surface area contributed by atoms with E-state index in [2.05, 4.69) is 49.7 Å². The average Bonchev–Trinajstić information content (AvgIpc) is 3.17. The van der Waals surface area contributed by atoms with Gasteiger partial charge >= 0.3 is 6.03 Å². The zero-order valence-electron chi connectivity index (χ0n) is 35.1. The quantitative estimate of drug-likeness (QED) is 0.0733. The van der Waals surface area contributed by atoms with E-state index in [4.69, 9.17) is 18.9 Å². The van der Waals surface area contributed by atoms with Crippen molar-refractivity contribution < 1.29 is 37.0 Å². The van der Waals surface area contributed by atoms with E-state index in [0.29, 0.717) is 57.6 Å². The van der Waals surface area contributed by atoms with Crippen LogP contribution in [0.3, 0.4) is 0 Å². The van der Waals surface area contributed by atoms with Crippen molar-refractivity contribution in [2.45, 2.75) is 52.2 Å². The predicted octanol–water partition coefficient (Wildman–Crippen LogP) is 7.94. The molecule has 1 saturated heterocycles. The molecule has 3 amide bonds. The Balaban J connectivity index is 1.14. The van der Waals surface area contributed by atoms with E-state index in [-0.39, 0.29) is 35.0 Å². The first kappa shape index (κ1) is 43.5. The van der Waals surface area contributed by atoms with Crippen LogP contribution >= 0.6 is 0 Å². The summed E-state index contributed by atoms with van der Waals surface area (Å²) < 4.78 is 50.2. The number of urea groups is 1. The fourth-order valence-corrected chi connectivity index (χ4v) is 7.61. The normalized spacial score (nSPS) is 15.8. The molecule has 1 aromatic heterocycles. The fraction of sp³-hybridized carbons (Fsp3) is 0.341. The molecule has 4 aromatic carbocycles. The van der Waals surface area contributed by atoms with Gasteiger partial charge in [-0.3, -0.25) is 14.4 Å². The summed E-state index contributed by atoms with van der Waals surface area (Å²) in [5.41, 5.74) is 2.51. The number of carbonyl (C=O) groups excluding carboxylic acids is 2. The molecule has 0 unspecified atom stereocenters. The number of methoxy groups -OCH3 is 2. The van der Waals surface area contributed by atoms with Crippen molar-refractivity contribution >= 4 is 61.3 Å². The molecule has 5 N–H and O–H groups in total. The van der Waals surface area contributed by atoms with E-state index in [1.165, 1.54) is 14.2 Å². The van der Waals surface area contributed by atoms with Gasteiger partial charge in [-0.25, -0.2) is 18.2 Å². The molecule has 1 aliphatic heterocycles. The molecule has 0 saturated carbocycles. The number of nitrogens with zero attached hydrogens (tertiary/aromatic N) is 2. The van der Waals surface area contributed by atoms with Crippen LogP contribution in [0.15, 0.2) is 85.1 Å². The van der Waals surface area contributed by atoms with Crippen LogP contribution in [0.25, 0.3) is 10.8 Å². The maximum Gasteiger partial charge on any atom is 0.323 e. The van der Waals surface area contributed by atoms with Gasteiger partial charge in [0.2, 0.25) is 10.0 Å². The minimum absolute atomic E-state index is 0.157. The lowest BCUT2D eigenvalue weighted by molar-refractivity contribution is -0.0672. The lowest BCUT2D eigenvalue weighted by atomic mass is 9.86. The van der Waals surface area contributed by atoms with E-state index in [0.717, 1.165) is 36.8 Å². The predicted molar refractivity (Wildman–Crippen MR) is 236 cm³/mol. The van der Waals surface area contributed by atoms with E-state index < -0.39 is 16.1 Å². The largest absolute Gasteiger partial charge is 0.496 e. The monoisotopic (exact) mass is 839 g/mol. The fourth-order valence-electron chi connectivity index (χ4n) is 7.06. The lowest BCUT2D eigenvalue weighted by Gasteiger charge is -2.35. The van der Waals surface area contributed by atoms with Crippen LogP contribution in [-0.2, 0) is 20.2 Å². The summed E-state index contributed by atoms with van der Waals surface area (Å²) in [7, 11) is -0.715. The van der Waals surface area contributed by atoms with Crippen LogP contribution < -0.4 is 40.2 Å². The van der Waals surface area contributed by atoms with Crippen LogP contribution in [0.1, 0.15) is 50.5 Å². The summed E-state index contributed by atoms with van der Waals surface area (Å²) in [6, 6.07) is 22.6. The van der Waals surface area contributed by atoms with Crippen molar-refractivity contribution in [2.24, 2.45) is 0 Å². The first-order chi connectivity index (χ1) is 28.5. The third-order valence-corrected chi connectivity index (χ3v) is 10.3. The van der Waals surface area contributed by atoms with Gasteiger partial charge in [0.15, 0.2) is 5.75 Å². The Morgan fingerprint density at radius 1 is 0.850 bits per heavy atom. The summed E-state index contributed by atoms with van der Waals surface area (Å²) in [5, 5.41) is 13.5. The molecule has 1 fully saturated rings. The number of sulfonamides is 1. The van der Waals surface area contributed by atoms with Crippen molar-refractivity contribution in [2.75, 3.05) is 67.3 Å². The van der Waals surface area contributed by atoms with Gasteiger partial charge in [0.25, 0.3) is 5.91 Å². The van der Waals surface area contributed by atoms with Crippen LogP contribution in [0, 0.1) is 0 Å². The number of hydrogen-bond acceptors (Lipinski definition) is 11. The Kier molecular flexibility index (Phi) is 13.4. The van der Waals surface area contributed by atoms with Gasteiger partial charge in [0.1, 0.15) is 23.1 Å². The second kappa shape index (κ2) is 18.4. The molecule has 0 spiro atoms.